The Balaban J connectivity index is 0.00000380. The first-order valence-electron chi connectivity index (χ1n) is 11.0. The van der Waals surface area contributed by atoms with E-state index in [1.165, 1.54) is 25.3 Å². The van der Waals surface area contributed by atoms with Gasteiger partial charge in [-0.2, -0.15) is 0 Å². The maximum atomic E-state index is 12.8. The zero-order chi connectivity index (χ0) is 25.7. The summed E-state index contributed by atoms with van der Waals surface area (Å²) in [5.74, 6) is -0.0201. The zero-order valence-corrected chi connectivity index (χ0v) is 25.1. The first kappa shape index (κ1) is 28.9. The molecular formula is C28H24BrNNaO5S. The molecule has 0 aliphatic rings. The van der Waals surface area contributed by atoms with Gasteiger partial charge in [0.2, 0.25) is 0 Å². The summed E-state index contributed by atoms with van der Waals surface area (Å²) in [4.78, 5) is 12.5. The van der Waals surface area contributed by atoms with Crippen molar-refractivity contribution in [1.82, 2.24) is 4.72 Å². The number of methoxy groups -OCH3 is 2. The number of hydrogen-bond donors (Lipinski definition) is 1. The Kier molecular flexibility index (Phi) is 9.98. The summed E-state index contributed by atoms with van der Waals surface area (Å²) >= 11 is 3.25. The molecule has 1 radical (unpaired) electrons. The topological polar surface area (TPSA) is 81.7 Å². The predicted molar refractivity (Wildman–Crippen MR) is 151 cm³/mol. The third-order valence-electron chi connectivity index (χ3n) is 5.63. The van der Waals surface area contributed by atoms with Crippen molar-refractivity contribution in [3.63, 3.8) is 0 Å². The molecule has 37 heavy (non-hydrogen) atoms. The van der Waals surface area contributed by atoms with Crippen molar-refractivity contribution in [1.29, 1.82) is 0 Å². The molecule has 9 heteroatoms. The van der Waals surface area contributed by atoms with Crippen LogP contribution >= 0.6 is 15.9 Å². The van der Waals surface area contributed by atoms with Crippen LogP contribution in [0.15, 0.2) is 94.3 Å². The SMILES string of the molecule is COc1ccc(Cc2ccc3ccccc3c2)c(/C=C/C(=O)NS(=O)(=O)c2cc(Br)ccc2OC)c1.[Na]. The van der Waals surface area contributed by atoms with Gasteiger partial charge in [0.1, 0.15) is 16.4 Å². The third-order valence-corrected chi connectivity index (χ3v) is 7.49. The molecule has 4 rings (SSSR count). The van der Waals surface area contributed by atoms with Gasteiger partial charge in [-0.25, -0.2) is 13.1 Å². The van der Waals surface area contributed by atoms with E-state index >= 15 is 0 Å². The quantitative estimate of drug-likeness (QED) is 0.222. The number of nitrogens with one attached hydrogen (secondary N) is 1. The third kappa shape index (κ3) is 7.24. The second kappa shape index (κ2) is 12.8. The molecular weight excluding hydrogens is 565 g/mol. The molecule has 6 nitrogen and oxygen atoms in total. The summed E-state index contributed by atoms with van der Waals surface area (Å²) in [7, 11) is -1.22. The summed E-state index contributed by atoms with van der Waals surface area (Å²) in [6.45, 7) is 0. The summed E-state index contributed by atoms with van der Waals surface area (Å²) in [5, 5.41) is 2.31. The van der Waals surface area contributed by atoms with Crippen LogP contribution in [0, 0.1) is 0 Å². The van der Waals surface area contributed by atoms with Gasteiger partial charge in [0, 0.05) is 40.1 Å². The molecule has 0 aromatic heterocycles. The van der Waals surface area contributed by atoms with Crippen LogP contribution in [0.2, 0.25) is 0 Å². The van der Waals surface area contributed by atoms with Crippen LogP contribution in [-0.2, 0) is 21.2 Å². The molecule has 0 unspecified atom stereocenters. The van der Waals surface area contributed by atoms with E-state index in [1.807, 2.05) is 30.3 Å². The number of ether oxygens (including phenoxy) is 2. The molecule has 0 saturated carbocycles. The van der Waals surface area contributed by atoms with E-state index in [4.69, 9.17) is 9.47 Å². The maximum absolute atomic E-state index is 12.8. The summed E-state index contributed by atoms with van der Waals surface area (Å²) < 4.78 is 38.7. The Morgan fingerprint density at radius 3 is 2.41 bits per heavy atom. The fourth-order valence-corrected chi connectivity index (χ4v) is 5.49. The van der Waals surface area contributed by atoms with Crippen LogP contribution in [0.3, 0.4) is 0 Å². The van der Waals surface area contributed by atoms with Gasteiger partial charge in [0.05, 0.1) is 14.2 Å². The first-order valence-corrected chi connectivity index (χ1v) is 13.3. The van der Waals surface area contributed by atoms with Crippen LogP contribution in [0.5, 0.6) is 11.5 Å². The van der Waals surface area contributed by atoms with E-state index in [9.17, 15) is 13.2 Å². The molecule has 4 aromatic carbocycles. The van der Waals surface area contributed by atoms with Gasteiger partial charge in [0.25, 0.3) is 15.9 Å². The number of halogens is 1. The van der Waals surface area contributed by atoms with Gasteiger partial charge < -0.3 is 9.47 Å². The van der Waals surface area contributed by atoms with Crippen molar-refractivity contribution < 1.29 is 22.7 Å². The Bertz CT molecular complexity index is 1570. The van der Waals surface area contributed by atoms with Crippen molar-refractivity contribution >= 4 is 78.3 Å². The Hall–Kier alpha value is -2.62. The normalized spacial score (nSPS) is 11.2. The van der Waals surface area contributed by atoms with E-state index in [0.717, 1.165) is 27.5 Å². The first-order chi connectivity index (χ1) is 17.3. The van der Waals surface area contributed by atoms with Gasteiger partial charge in [0.15, 0.2) is 0 Å². The minimum absolute atomic E-state index is 0. The number of carbonyl (C=O) groups excluding carboxylic acids is 1. The van der Waals surface area contributed by atoms with Crippen molar-refractivity contribution in [2.75, 3.05) is 14.2 Å². The summed E-state index contributed by atoms with van der Waals surface area (Å²) in [5.41, 5.74) is 2.82. The van der Waals surface area contributed by atoms with Gasteiger partial charge in [-0.05, 0) is 70.3 Å². The van der Waals surface area contributed by atoms with Crippen molar-refractivity contribution in [3.05, 3.63) is 106 Å². The van der Waals surface area contributed by atoms with Gasteiger partial charge in [-0.3, -0.25) is 4.79 Å². The van der Waals surface area contributed by atoms with Crippen molar-refractivity contribution in [3.8, 4) is 11.5 Å². The van der Waals surface area contributed by atoms with Crippen LogP contribution in [0.25, 0.3) is 16.8 Å². The second-order valence-corrected chi connectivity index (χ2v) is 10.6. The van der Waals surface area contributed by atoms with Crippen LogP contribution in [0.1, 0.15) is 16.7 Å². The molecule has 1 amide bonds. The number of carbonyl (C=O) groups is 1. The van der Waals surface area contributed by atoms with Crippen molar-refractivity contribution in [2.45, 2.75) is 11.3 Å². The van der Waals surface area contributed by atoms with Gasteiger partial charge in [-0.15, -0.1) is 0 Å². The minimum atomic E-state index is -4.15. The summed E-state index contributed by atoms with van der Waals surface area (Å²) in [6.07, 6.45) is 3.41. The number of amides is 1. The fourth-order valence-electron chi connectivity index (χ4n) is 3.83. The van der Waals surface area contributed by atoms with E-state index in [0.29, 0.717) is 16.6 Å². The molecule has 0 bridgehead atoms. The molecule has 0 saturated heterocycles. The molecule has 0 heterocycles. The molecule has 4 aromatic rings. The van der Waals surface area contributed by atoms with Crippen LogP contribution in [-0.4, -0.2) is 58.1 Å². The second-order valence-electron chi connectivity index (χ2n) is 8.02. The van der Waals surface area contributed by atoms with E-state index in [2.05, 4.69) is 51.0 Å². The van der Waals surface area contributed by atoms with Crippen molar-refractivity contribution in [2.24, 2.45) is 0 Å². The number of rotatable bonds is 8. The van der Waals surface area contributed by atoms with E-state index < -0.39 is 15.9 Å². The number of sulfonamides is 1. The average Bonchev–Trinajstić information content (AvgIpc) is 2.87. The van der Waals surface area contributed by atoms with E-state index in [-0.39, 0.29) is 40.2 Å². The molecule has 185 valence electrons. The fraction of sp³-hybridized carbons (Fsp3) is 0.107. The molecule has 0 aliphatic heterocycles. The van der Waals surface area contributed by atoms with Crippen LogP contribution in [0.4, 0.5) is 0 Å². The Labute approximate surface area is 247 Å². The average molecular weight is 589 g/mol. The number of benzene rings is 4. The molecule has 0 atom stereocenters. The molecule has 0 fully saturated rings. The minimum Gasteiger partial charge on any atom is -0.497 e. The monoisotopic (exact) mass is 588 g/mol. The smallest absolute Gasteiger partial charge is 0.268 e. The number of hydrogen-bond acceptors (Lipinski definition) is 5. The molecule has 0 aliphatic carbocycles. The largest absolute Gasteiger partial charge is 0.497 e. The Morgan fingerprint density at radius 2 is 1.68 bits per heavy atom. The standard InChI is InChI=1S/C28H24BrNO5S.Na/c1-34-25-12-9-22(16-19-7-8-20-5-3-4-6-21(20)15-19)23(17-25)10-14-28(31)30-36(32,33)27-18-24(29)11-13-26(27)35-2;/h3-15,17-18H,16H2,1-2H3,(H,30,31);/b14-10+;. The number of fused-ring (bicyclic) bond motifs is 1. The predicted octanol–water partition coefficient (Wildman–Crippen LogP) is 5.35. The van der Waals surface area contributed by atoms with E-state index in [1.54, 1.807) is 19.3 Å². The molecule has 1 N–H and O–H groups in total. The van der Waals surface area contributed by atoms with Crippen LogP contribution < -0.4 is 14.2 Å². The van der Waals surface area contributed by atoms with Gasteiger partial charge in [-0.1, -0.05) is 64.5 Å². The zero-order valence-electron chi connectivity index (χ0n) is 20.7. The molecule has 0 spiro atoms. The van der Waals surface area contributed by atoms with Gasteiger partial charge >= 0.3 is 0 Å². The summed E-state index contributed by atoms with van der Waals surface area (Å²) in [6, 6.07) is 24.6. The maximum Gasteiger partial charge on any atom is 0.268 e. The Morgan fingerprint density at radius 1 is 0.919 bits per heavy atom.